The van der Waals surface area contributed by atoms with Gasteiger partial charge in [-0.1, -0.05) is 84.9 Å². The third-order valence-corrected chi connectivity index (χ3v) is 5.69. The van der Waals surface area contributed by atoms with Gasteiger partial charge in [0.15, 0.2) is 0 Å². The Bertz CT molecular complexity index is 1170. The zero-order valence-electron chi connectivity index (χ0n) is 13.6. The van der Waals surface area contributed by atoms with Gasteiger partial charge in [-0.25, -0.2) is 0 Å². The minimum absolute atomic E-state index is 1.27. The molecule has 1 heteroatoms. The summed E-state index contributed by atoms with van der Waals surface area (Å²) in [7, 11) is 0. The summed E-state index contributed by atoms with van der Waals surface area (Å²) in [5, 5.41) is 6.20. The zero-order chi connectivity index (χ0) is 16.6. The van der Waals surface area contributed by atoms with Crippen molar-refractivity contribution in [1.82, 2.24) is 0 Å². The van der Waals surface area contributed by atoms with E-state index >= 15 is 0 Å². The van der Waals surface area contributed by atoms with Crippen molar-refractivity contribution in [3.8, 4) is 22.3 Å². The predicted molar refractivity (Wildman–Crippen MR) is 110 cm³/mol. The van der Waals surface area contributed by atoms with Gasteiger partial charge in [0.05, 0.1) is 0 Å². The summed E-state index contributed by atoms with van der Waals surface area (Å²) < 4.78 is 1.36. The summed E-state index contributed by atoms with van der Waals surface area (Å²) in [6, 6.07) is 32.5. The molecule has 0 radical (unpaired) electrons. The normalized spacial score (nSPS) is 11.2. The Hall–Kier alpha value is -2.90. The van der Waals surface area contributed by atoms with Crippen LogP contribution in [-0.4, -0.2) is 0 Å². The maximum absolute atomic E-state index is 2.25. The topological polar surface area (TPSA) is 0 Å². The first-order valence-electron chi connectivity index (χ1n) is 8.46. The molecular formula is C24H16S. The van der Waals surface area contributed by atoms with Crippen LogP contribution in [0.25, 0.3) is 43.1 Å². The molecule has 1 heterocycles. The molecule has 0 amide bonds. The Balaban J connectivity index is 2.04. The Kier molecular flexibility index (Phi) is 3.39. The predicted octanol–water partition coefficient (Wildman–Crippen LogP) is 7.39. The van der Waals surface area contributed by atoms with Crippen LogP contribution in [0.4, 0.5) is 0 Å². The lowest BCUT2D eigenvalue weighted by Crippen LogP contribution is -1.89. The van der Waals surface area contributed by atoms with Gasteiger partial charge in [0.2, 0.25) is 0 Å². The molecule has 5 aromatic rings. The van der Waals surface area contributed by atoms with Gasteiger partial charge in [-0.15, -0.1) is 11.3 Å². The molecule has 0 saturated heterocycles. The number of rotatable bonds is 2. The quantitative estimate of drug-likeness (QED) is 0.315. The fourth-order valence-corrected chi connectivity index (χ4v) is 4.67. The number of benzene rings is 4. The van der Waals surface area contributed by atoms with Crippen LogP contribution in [0.1, 0.15) is 0 Å². The van der Waals surface area contributed by atoms with Crippen molar-refractivity contribution in [2.75, 3.05) is 0 Å². The molecule has 0 unspecified atom stereocenters. The van der Waals surface area contributed by atoms with Gasteiger partial charge in [-0.3, -0.25) is 0 Å². The second-order valence-electron chi connectivity index (χ2n) is 6.19. The number of thiophene rings is 1. The van der Waals surface area contributed by atoms with E-state index in [0.717, 1.165) is 0 Å². The second-order valence-corrected chi connectivity index (χ2v) is 7.11. The molecule has 4 aromatic carbocycles. The van der Waals surface area contributed by atoms with E-state index in [4.69, 9.17) is 0 Å². The minimum Gasteiger partial charge on any atom is -0.143 e. The van der Waals surface area contributed by atoms with Crippen LogP contribution in [0.3, 0.4) is 0 Å². The summed E-state index contributed by atoms with van der Waals surface area (Å²) >= 11 is 1.83. The van der Waals surface area contributed by atoms with Gasteiger partial charge in [-0.2, -0.15) is 0 Å². The Labute approximate surface area is 151 Å². The minimum atomic E-state index is 1.27. The molecule has 0 N–H and O–H groups in total. The van der Waals surface area contributed by atoms with Crippen LogP contribution < -0.4 is 0 Å². The first-order valence-corrected chi connectivity index (χ1v) is 9.34. The third-order valence-electron chi connectivity index (χ3n) is 4.75. The van der Waals surface area contributed by atoms with E-state index in [1.807, 2.05) is 11.3 Å². The average molecular weight is 336 g/mol. The van der Waals surface area contributed by atoms with Crippen LogP contribution in [0.2, 0.25) is 0 Å². The standard InChI is InChI=1S/C24H16S/c1-3-9-17(10-4-1)22-20-14-8-7-13-19(20)21-15-16-25-24(21)23(22)18-11-5-2-6-12-18/h1-16H. The average Bonchev–Trinajstić information content (AvgIpc) is 3.18. The molecule has 0 atom stereocenters. The first kappa shape index (κ1) is 14.4. The molecule has 118 valence electrons. The Morgan fingerprint density at radius 3 is 1.68 bits per heavy atom. The summed E-state index contributed by atoms with van der Waals surface area (Å²) in [6.45, 7) is 0. The van der Waals surface area contributed by atoms with Crippen molar-refractivity contribution >= 4 is 32.2 Å². The molecule has 0 bridgehead atoms. The second kappa shape index (κ2) is 5.87. The monoisotopic (exact) mass is 336 g/mol. The number of fused-ring (bicyclic) bond motifs is 3. The van der Waals surface area contributed by atoms with Gasteiger partial charge >= 0.3 is 0 Å². The highest BCUT2D eigenvalue weighted by molar-refractivity contribution is 7.18. The van der Waals surface area contributed by atoms with Crippen molar-refractivity contribution < 1.29 is 0 Å². The van der Waals surface area contributed by atoms with Crippen LogP contribution >= 0.6 is 11.3 Å². The van der Waals surface area contributed by atoms with Crippen molar-refractivity contribution in [3.63, 3.8) is 0 Å². The fraction of sp³-hybridized carbons (Fsp3) is 0. The lowest BCUT2D eigenvalue weighted by molar-refractivity contribution is 1.64. The van der Waals surface area contributed by atoms with Gasteiger partial charge in [0, 0.05) is 15.6 Å². The lowest BCUT2D eigenvalue weighted by atomic mass is 9.88. The summed E-state index contributed by atoms with van der Waals surface area (Å²) in [5.41, 5.74) is 5.22. The summed E-state index contributed by atoms with van der Waals surface area (Å²) in [5.74, 6) is 0. The Morgan fingerprint density at radius 1 is 0.440 bits per heavy atom. The van der Waals surface area contributed by atoms with Gasteiger partial charge in [-0.05, 0) is 38.9 Å². The lowest BCUT2D eigenvalue weighted by Gasteiger charge is -2.16. The van der Waals surface area contributed by atoms with Gasteiger partial charge < -0.3 is 0 Å². The largest absolute Gasteiger partial charge is 0.143 e. The molecule has 1 aromatic heterocycles. The number of hydrogen-bond acceptors (Lipinski definition) is 1. The van der Waals surface area contributed by atoms with E-state index in [9.17, 15) is 0 Å². The highest BCUT2D eigenvalue weighted by Gasteiger charge is 2.17. The van der Waals surface area contributed by atoms with E-state index in [1.165, 1.54) is 43.1 Å². The van der Waals surface area contributed by atoms with Crippen LogP contribution in [0, 0.1) is 0 Å². The molecule has 0 aliphatic carbocycles. The molecule has 0 nitrogen and oxygen atoms in total. The maximum atomic E-state index is 2.25. The number of hydrogen-bond donors (Lipinski definition) is 0. The third kappa shape index (κ3) is 2.28. The molecule has 25 heavy (non-hydrogen) atoms. The van der Waals surface area contributed by atoms with Crippen LogP contribution in [-0.2, 0) is 0 Å². The molecule has 0 aliphatic heterocycles. The maximum Gasteiger partial charge on any atom is 0.0433 e. The fourth-order valence-electron chi connectivity index (χ4n) is 3.68. The summed E-state index contributed by atoms with van der Waals surface area (Å²) in [4.78, 5) is 0. The van der Waals surface area contributed by atoms with E-state index in [-0.39, 0.29) is 0 Å². The molecular weight excluding hydrogens is 320 g/mol. The van der Waals surface area contributed by atoms with E-state index in [2.05, 4.69) is 96.4 Å². The smallest absolute Gasteiger partial charge is 0.0433 e. The van der Waals surface area contributed by atoms with Crippen LogP contribution in [0.5, 0.6) is 0 Å². The molecule has 5 rings (SSSR count). The van der Waals surface area contributed by atoms with Crippen molar-refractivity contribution in [1.29, 1.82) is 0 Å². The zero-order valence-corrected chi connectivity index (χ0v) is 14.5. The van der Waals surface area contributed by atoms with Gasteiger partial charge in [0.25, 0.3) is 0 Å². The van der Waals surface area contributed by atoms with E-state index < -0.39 is 0 Å². The molecule has 0 spiro atoms. The van der Waals surface area contributed by atoms with E-state index in [0.29, 0.717) is 0 Å². The van der Waals surface area contributed by atoms with Crippen molar-refractivity contribution in [3.05, 3.63) is 96.4 Å². The van der Waals surface area contributed by atoms with Crippen molar-refractivity contribution in [2.45, 2.75) is 0 Å². The SMILES string of the molecule is c1ccc(-c2c(-c3ccccc3)c3sccc3c3ccccc23)cc1. The summed E-state index contributed by atoms with van der Waals surface area (Å²) in [6.07, 6.45) is 0. The Morgan fingerprint density at radius 2 is 1.00 bits per heavy atom. The highest BCUT2D eigenvalue weighted by Crippen LogP contribution is 2.46. The first-order chi connectivity index (χ1) is 12.4. The van der Waals surface area contributed by atoms with Gasteiger partial charge in [0.1, 0.15) is 0 Å². The highest BCUT2D eigenvalue weighted by atomic mass is 32.1. The van der Waals surface area contributed by atoms with Crippen molar-refractivity contribution in [2.24, 2.45) is 0 Å². The van der Waals surface area contributed by atoms with E-state index in [1.54, 1.807) is 0 Å². The van der Waals surface area contributed by atoms with Crippen LogP contribution in [0.15, 0.2) is 96.4 Å². The molecule has 0 saturated carbocycles. The molecule has 0 fully saturated rings. The molecule has 0 aliphatic rings.